The Hall–Kier alpha value is -4.76. The highest BCUT2D eigenvalue weighted by molar-refractivity contribution is 6.08. The quantitative estimate of drug-likeness (QED) is 0.296. The topological polar surface area (TPSA) is 77.0 Å². The van der Waals surface area contributed by atoms with Crippen molar-refractivity contribution >= 4 is 33.4 Å². The van der Waals surface area contributed by atoms with Crippen LogP contribution >= 0.6 is 0 Å². The lowest BCUT2D eigenvalue weighted by Crippen LogP contribution is -2.16. The predicted octanol–water partition coefficient (Wildman–Crippen LogP) is 6.23. The number of hydrogen-bond donors (Lipinski definition) is 1. The minimum Gasteiger partial charge on any atom is -0.481 e. The summed E-state index contributed by atoms with van der Waals surface area (Å²) in [6.45, 7) is 4.45. The lowest BCUT2D eigenvalue weighted by molar-refractivity contribution is 0.101. The van der Waals surface area contributed by atoms with Gasteiger partial charge in [-0.25, -0.2) is 9.97 Å². The fourth-order valence-corrected chi connectivity index (χ4v) is 4.05. The summed E-state index contributed by atoms with van der Waals surface area (Å²) in [5.74, 6) is 3.14. The van der Waals surface area contributed by atoms with Crippen molar-refractivity contribution in [1.82, 2.24) is 15.0 Å². The summed E-state index contributed by atoms with van der Waals surface area (Å²) in [5, 5.41) is 4.63. The molecular weight excluding hydrogens is 448 g/mol. The van der Waals surface area contributed by atoms with Crippen LogP contribution in [0.5, 0.6) is 5.75 Å². The van der Waals surface area contributed by atoms with E-state index in [0.29, 0.717) is 34.1 Å². The molecule has 0 fully saturated rings. The Labute approximate surface area is 209 Å². The van der Waals surface area contributed by atoms with Gasteiger partial charge in [0, 0.05) is 22.5 Å². The highest BCUT2D eigenvalue weighted by Crippen LogP contribution is 2.31. The molecule has 0 spiro atoms. The largest absolute Gasteiger partial charge is 0.481 e. The molecular formula is C30H24N4O2. The van der Waals surface area contributed by atoms with Crippen LogP contribution in [0.3, 0.4) is 0 Å². The number of fused-ring (bicyclic) bond motifs is 2. The van der Waals surface area contributed by atoms with E-state index in [9.17, 15) is 4.79 Å². The molecule has 2 aromatic heterocycles. The summed E-state index contributed by atoms with van der Waals surface area (Å²) in [7, 11) is 0. The number of hydrogen-bond acceptors (Lipinski definition) is 5. The molecule has 1 amide bonds. The number of nitrogens with zero attached hydrogens (tertiary/aromatic N) is 3. The van der Waals surface area contributed by atoms with E-state index in [1.165, 1.54) is 5.56 Å². The number of pyridine rings is 1. The third kappa shape index (κ3) is 4.59. The van der Waals surface area contributed by atoms with Gasteiger partial charge < -0.3 is 10.1 Å². The molecule has 6 nitrogen and oxygen atoms in total. The monoisotopic (exact) mass is 472 g/mol. The van der Waals surface area contributed by atoms with E-state index in [1.54, 1.807) is 12.3 Å². The molecule has 6 heteroatoms. The Morgan fingerprint density at radius 1 is 1.03 bits per heavy atom. The fourth-order valence-electron chi connectivity index (χ4n) is 4.05. The maximum absolute atomic E-state index is 13.3. The minimum atomic E-state index is -0.414. The Balaban J connectivity index is 1.60. The van der Waals surface area contributed by atoms with Crippen molar-refractivity contribution in [3.05, 3.63) is 90.4 Å². The van der Waals surface area contributed by atoms with Crippen molar-refractivity contribution in [2.45, 2.75) is 19.8 Å². The average Bonchev–Trinajstić information content (AvgIpc) is 2.91. The van der Waals surface area contributed by atoms with E-state index in [-0.39, 0.29) is 12.4 Å². The number of carbonyl (C=O) groups excluding carboxylic acids is 1. The van der Waals surface area contributed by atoms with E-state index in [0.717, 1.165) is 16.3 Å². The Morgan fingerprint density at radius 2 is 1.83 bits per heavy atom. The zero-order chi connectivity index (χ0) is 25.1. The first kappa shape index (κ1) is 23.0. The van der Waals surface area contributed by atoms with Crippen molar-refractivity contribution in [3.8, 4) is 29.4 Å². The van der Waals surface area contributed by atoms with Crippen molar-refractivity contribution in [1.29, 1.82) is 0 Å². The third-order valence-electron chi connectivity index (χ3n) is 5.92. The number of rotatable bonds is 6. The number of nitrogens with one attached hydrogen (secondary N) is 1. The number of amides is 1. The molecule has 0 radical (unpaired) electrons. The molecule has 0 bridgehead atoms. The second-order valence-electron chi connectivity index (χ2n) is 8.68. The van der Waals surface area contributed by atoms with Gasteiger partial charge in [-0.2, -0.15) is 0 Å². The molecule has 0 atom stereocenters. The van der Waals surface area contributed by atoms with Crippen molar-refractivity contribution in [3.63, 3.8) is 0 Å². The summed E-state index contributed by atoms with van der Waals surface area (Å²) < 4.78 is 5.62. The summed E-state index contributed by atoms with van der Waals surface area (Å²) in [6, 6.07) is 23.1. The Morgan fingerprint density at radius 3 is 2.61 bits per heavy atom. The second kappa shape index (κ2) is 9.85. The van der Waals surface area contributed by atoms with Crippen LogP contribution in [0.2, 0.25) is 0 Å². The van der Waals surface area contributed by atoms with Gasteiger partial charge in [0.05, 0.1) is 22.4 Å². The normalized spacial score (nSPS) is 10.9. The van der Waals surface area contributed by atoms with E-state index in [1.807, 2.05) is 54.6 Å². The predicted molar refractivity (Wildman–Crippen MR) is 143 cm³/mol. The van der Waals surface area contributed by atoms with E-state index < -0.39 is 5.91 Å². The number of aromatic nitrogens is 3. The molecule has 0 aliphatic heterocycles. The zero-order valence-corrected chi connectivity index (χ0v) is 20.0. The minimum absolute atomic E-state index is 0.0654. The lowest BCUT2D eigenvalue weighted by Gasteiger charge is -2.12. The van der Waals surface area contributed by atoms with Crippen LogP contribution in [-0.4, -0.2) is 27.5 Å². The molecule has 5 rings (SSSR count). The molecule has 0 aliphatic rings. The molecule has 176 valence electrons. The van der Waals surface area contributed by atoms with Gasteiger partial charge >= 0.3 is 0 Å². The molecule has 5 aromatic rings. The highest BCUT2D eigenvalue weighted by Gasteiger charge is 2.17. The molecule has 0 saturated heterocycles. The van der Waals surface area contributed by atoms with E-state index in [4.69, 9.17) is 16.1 Å². The number of ether oxygens (including phenoxy) is 1. The fraction of sp³-hybridized carbons (Fsp3) is 0.133. The molecule has 3 aromatic carbocycles. The molecule has 0 aliphatic carbocycles. The number of terminal acetylenes is 1. The summed E-state index contributed by atoms with van der Waals surface area (Å²) in [6.07, 6.45) is 7.05. The lowest BCUT2D eigenvalue weighted by atomic mass is 9.99. The maximum atomic E-state index is 13.3. The number of benzene rings is 3. The molecule has 0 unspecified atom stereocenters. The van der Waals surface area contributed by atoms with Crippen molar-refractivity contribution < 1.29 is 9.53 Å². The number of anilines is 1. The number of para-hydroxylation sites is 1. The third-order valence-corrected chi connectivity index (χ3v) is 5.92. The number of carbonyl (C=O) groups is 1. The van der Waals surface area contributed by atoms with Gasteiger partial charge in [-0.3, -0.25) is 9.78 Å². The maximum Gasteiger partial charge on any atom is 0.293 e. The van der Waals surface area contributed by atoms with Crippen LogP contribution in [0.15, 0.2) is 79.0 Å². The van der Waals surface area contributed by atoms with Crippen LogP contribution in [0.25, 0.3) is 33.1 Å². The van der Waals surface area contributed by atoms with Crippen LogP contribution in [-0.2, 0) is 0 Å². The summed E-state index contributed by atoms with van der Waals surface area (Å²) in [4.78, 5) is 27.0. The molecule has 2 heterocycles. The van der Waals surface area contributed by atoms with Crippen molar-refractivity contribution in [2.75, 3.05) is 11.9 Å². The second-order valence-corrected chi connectivity index (χ2v) is 8.68. The first-order valence-corrected chi connectivity index (χ1v) is 11.7. The standard InChI is InChI=1S/C30H24N4O2/c1-4-17-36-23-14-15-25-24(18-23)27(22-12-10-20(11-13-22)19(2)3)34-29(32-25)30(35)33-26-9-5-7-21-8-6-16-31-28(21)26/h1,5-16,18-19H,17H2,2-3H3,(H,33,35). The average molecular weight is 473 g/mol. The highest BCUT2D eigenvalue weighted by atomic mass is 16.5. The molecule has 1 N–H and O–H groups in total. The molecule has 0 saturated carbocycles. The van der Waals surface area contributed by atoms with Gasteiger partial charge in [-0.15, -0.1) is 6.42 Å². The van der Waals surface area contributed by atoms with Gasteiger partial charge in [0.2, 0.25) is 5.82 Å². The Kier molecular flexibility index (Phi) is 6.29. The smallest absolute Gasteiger partial charge is 0.293 e. The van der Waals surface area contributed by atoms with Crippen molar-refractivity contribution in [2.24, 2.45) is 0 Å². The van der Waals surface area contributed by atoms with Gasteiger partial charge in [0.25, 0.3) is 5.91 Å². The first-order valence-electron chi connectivity index (χ1n) is 11.7. The summed E-state index contributed by atoms with van der Waals surface area (Å²) in [5.41, 5.74) is 4.67. The van der Waals surface area contributed by atoms with Crippen LogP contribution in [0.4, 0.5) is 5.69 Å². The SMILES string of the molecule is C#CCOc1ccc2nc(C(=O)Nc3cccc4cccnc34)nc(-c3ccc(C(C)C)cc3)c2c1. The van der Waals surface area contributed by atoms with Gasteiger partial charge in [-0.05, 0) is 41.8 Å². The van der Waals surface area contributed by atoms with Gasteiger partial charge in [0.1, 0.15) is 12.4 Å². The van der Waals surface area contributed by atoms with Gasteiger partial charge in [0.15, 0.2) is 0 Å². The molecule has 36 heavy (non-hydrogen) atoms. The van der Waals surface area contributed by atoms with E-state index >= 15 is 0 Å². The Bertz CT molecular complexity index is 1610. The first-order chi connectivity index (χ1) is 17.5. The van der Waals surface area contributed by atoms with Crippen LogP contribution in [0, 0.1) is 12.3 Å². The van der Waals surface area contributed by atoms with Gasteiger partial charge in [-0.1, -0.05) is 62.2 Å². The zero-order valence-electron chi connectivity index (χ0n) is 20.0. The van der Waals surface area contributed by atoms with E-state index in [2.05, 4.69) is 47.2 Å². The van der Waals surface area contributed by atoms with Crippen LogP contribution in [0.1, 0.15) is 35.9 Å². The van der Waals surface area contributed by atoms with Crippen LogP contribution < -0.4 is 10.1 Å². The summed E-state index contributed by atoms with van der Waals surface area (Å²) >= 11 is 0.